The number of hydrogen-bond donors (Lipinski definition) is 1. The third-order valence-electron chi connectivity index (χ3n) is 4.58. The molecule has 1 N–H and O–H groups in total. The lowest BCUT2D eigenvalue weighted by molar-refractivity contribution is 0.101. The van der Waals surface area contributed by atoms with Crippen molar-refractivity contribution in [3.63, 3.8) is 0 Å². The van der Waals surface area contributed by atoms with Crippen molar-refractivity contribution >= 4 is 11.6 Å². The summed E-state index contributed by atoms with van der Waals surface area (Å²) >= 11 is 0. The second-order valence-electron chi connectivity index (χ2n) is 6.65. The Kier molecular flexibility index (Phi) is 4.09. The molecule has 6 nitrogen and oxygen atoms in total. The van der Waals surface area contributed by atoms with Crippen LogP contribution < -0.4 is 5.32 Å². The summed E-state index contributed by atoms with van der Waals surface area (Å²) in [7, 11) is 0. The zero-order chi connectivity index (χ0) is 17.2. The minimum atomic E-state index is -0.238. The van der Waals surface area contributed by atoms with Crippen LogP contribution in [0.15, 0.2) is 47.2 Å². The van der Waals surface area contributed by atoms with Gasteiger partial charge in [0.05, 0.1) is 18.4 Å². The second-order valence-corrected chi connectivity index (χ2v) is 6.65. The zero-order valence-corrected chi connectivity index (χ0v) is 14.1. The first-order valence-corrected chi connectivity index (χ1v) is 8.54. The van der Waals surface area contributed by atoms with Gasteiger partial charge in [0.2, 0.25) is 0 Å². The van der Waals surface area contributed by atoms with Crippen LogP contribution in [0.4, 0.5) is 5.69 Å². The molecule has 6 heteroatoms. The number of hydrogen-bond acceptors (Lipinski definition) is 4. The van der Waals surface area contributed by atoms with Gasteiger partial charge in [-0.05, 0) is 24.3 Å². The van der Waals surface area contributed by atoms with Gasteiger partial charge in [-0.1, -0.05) is 42.4 Å². The molecule has 1 atom stereocenters. The van der Waals surface area contributed by atoms with E-state index in [1.807, 2.05) is 36.5 Å². The van der Waals surface area contributed by atoms with Gasteiger partial charge in [0.25, 0.3) is 5.91 Å². The molecule has 0 fully saturated rings. The van der Waals surface area contributed by atoms with Gasteiger partial charge < -0.3 is 9.84 Å². The van der Waals surface area contributed by atoms with Crippen molar-refractivity contribution in [2.75, 3.05) is 5.32 Å². The van der Waals surface area contributed by atoms with Gasteiger partial charge in [0, 0.05) is 18.2 Å². The van der Waals surface area contributed by atoms with Gasteiger partial charge in [0.1, 0.15) is 5.76 Å². The summed E-state index contributed by atoms with van der Waals surface area (Å²) in [6.45, 7) is 2.85. The maximum Gasteiger partial charge on any atom is 0.278 e. The fraction of sp³-hybridized carbons (Fsp3) is 0.316. The molecule has 1 aromatic carbocycles. The van der Waals surface area contributed by atoms with Crippen LogP contribution in [-0.2, 0) is 19.4 Å². The monoisotopic (exact) mass is 336 g/mol. The zero-order valence-electron chi connectivity index (χ0n) is 14.1. The molecule has 2 aromatic heterocycles. The smallest absolute Gasteiger partial charge is 0.278 e. The second kappa shape index (κ2) is 6.55. The van der Waals surface area contributed by atoms with E-state index < -0.39 is 0 Å². The van der Waals surface area contributed by atoms with Crippen LogP contribution in [0.1, 0.15) is 40.7 Å². The number of benzene rings is 1. The Bertz CT molecular complexity index is 882. The molecule has 25 heavy (non-hydrogen) atoms. The number of fused-ring (bicyclic) bond motifs is 1. The third-order valence-corrected chi connectivity index (χ3v) is 4.58. The average molecular weight is 336 g/mol. The summed E-state index contributed by atoms with van der Waals surface area (Å²) in [5.41, 5.74) is 3.16. The van der Waals surface area contributed by atoms with Gasteiger partial charge >= 0.3 is 0 Å². The van der Waals surface area contributed by atoms with Crippen LogP contribution in [0.5, 0.6) is 0 Å². The highest BCUT2D eigenvalue weighted by Gasteiger charge is 2.27. The number of aromatic nitrogens is 3. The fourth-order valence-electron chi connectivity index (χ4n) is 3.23. The van der Waals surface area contributed by atoms with E-state index in [1.165, 1.54) is 0 Å². The summed E-state index contributed by atoms with van der Waals surface area (Å²) < 4.78 is 7.14. The normalized spacial score (nSPS) is 16.4. The first kappa shape index (κ1) is 15.6. The van der Waals surface area contributed by atoms with Crippen LogP contribution in [0.25, 0.3) is 0 Å². The Morgan fingerprint density at radius 2 is 2.20 bits per heavy atom. The van der Waals surface area contributed by atoms with Gasteiger partial charge in [-0.15, -0.1) is 0 Å². The number of nitrogens with zero attached hydrogens (tertiary/aromatic N) is 3. The summed E-state index contributed by atoms with van der Waals surface area (Å²) in [5.74, 6) is 1.16. The summed E-state index contributed by atoms with van der Waals surface area (Å²) in [6, 6.07) is 10.1. The number of carbonyl (C=O) groups excluding carboxylic acids is 1. The van der Waals surface area contributed by atoms with E-state index in [9.17, 15) is 4.79 Å². The SMILES string of the molecule is CC1CCc2onc(C(=O)Nc3cnn(Cc4ccccc4)c3)c2C1. The minimum Gasteiger partial charge on any atom is -0.360 e. The molecule has 0 radical (unpaired) electrons. The van der Waals surface area contributed by atoms with Crippen molar-refractivity contribution in [3.8, 4) is 0 Å². The fourth-order valence-corrected chi connectivity index (χ4v) is 3.23. The van der Waals surface area contributed by atoms with E-state index >= 15 is 0 Å². The molecular weight excluding hydrogens is 316 g/mol. The molecule has 0 aliphatic heterocycles. The Morgan fingerprint density at radius 3 is 3.04 bits per heavy atom. The van der Waals surface area contributed by atoms with Crippen LogP contribution in [0, 0.1) is 5.92 Å². The number of aryl methyl sites for hydroxylation is 1. The Balaban J connectivity index is 1.46. The maximum absolute atomic E-state index is 12.6. The number of carbonyl (C=O) groups is 1. The lowest BCUT2D eigenvalue weighted by atomic mass is 9.88. The standard InChI is InChI=1S/C19H20N4O2/c1-13-7-8-17-16(9-13)18(22-25-17)19(24)21-15-10-20-23(12-15)11-14-5-3-2-4-6-14/h2-6,10,12-13H,7-9,11H2,1H3,(H,21,24). The van der Waals surface area contributed by atoms with Crippen molar-refractivity contribution < 1.29 is 9.32 Å². The highest BCUT2D eigenvalue weighted by Crippen LogP contribution is 2.28. The minimum absolute atomic E-state index is 0.238. The summed E-state index contributed by atoms with van der Waals surface area (Å²) in [4.78, 5) is 12.6. The van der Waals surface area contributed by atoms with E-state index in [4.69, 9.17) is 4.52 Å². The molecule has 4 rings (SSSR count). The van der Waals surface area contributed by atoms with Crippen molar-refractivity contribution in [1.82, 2.24) is 14.9 Å². The molecule has 0 spiro atoms. The van der Waals surface area contributed by atoms with E-state index in [0.29, 0.717) is 23.8 Å². The average Bonchev–Trinajstić information content (AvgIpc) is 3.22. The highest BCUT2D eigenvalue weighted by molar-refractivity contribution is 6.03. The molecule has 2 heterocycles. The van der Waals surface area contributed by atoms with Gasteiger partial charge in [0.15, 0.2) is 5.69 Å². The number of amides is 1. The molecule has 0 saturated heterocycles. The van der Waals surface area contributed by atoms with Crippen LogP contribution in [0.2, 0.25) is 0 Å². The quantitative estimate of drug-likeness (QED) is 0.793. The van der Waals surface area contributed by atoms with Crippen LogP contribution in [0.3, 0.4) is 0 Å². The molecular formula is C19H20N4O2. The Hall–Kier alpha value is -2.89. The van der Waals surface area contributed by atoms with E-state index in [-0.39, 0.29) is 5.91 Å². The largest absolute Gasteiger partial charge is 0.360 e. The predicted octanol–water partition coefficient (Wildman–Crippen LogP) is 3.30. The van der Waals surface area contributed by atoms with Crippen molar-refractivity contribution in [3.05, 3.63) is 65.3 Å². The first-order valence-electron chi connectivity index (χ1n) is 8.54. The predicted molar refractivity (Wildman–Crippen MR) is 93.4 cm³/mol. The molecule has 3 aromatic rings. The number of anilines is 1. The van der Waals surface area contributed by atoms with Crippen molar-refractivity contribution in [2.45, 2.75) is 32.7 Å². The van der Waals surface area contributed by atoms with Gasteiger partial charge in [-0.25, -0.2) is 0 Å². The van der Waals surface area contributed by atoms with Gasteiger partial charge in [-0.3, -0.25) is 9.48 Å². The van der Waals surface area contributed by atoms with Crippen LogP contribution >= 0.6 is 0 Å². The molecule has 0 saturated carbocycles. The van der Waals surface area contributed by atoms with Gasteiger partial charge in [-0.2, -0.15) is 5.10 Å². The van der Waals surface area contributed by atoms with Crippen molar-refractivity contribution in [1.29, 1.82) is 0 Å². The Labute approximate surface area is 145 Å². The first-order chi connectivity index (χ1) is 12.2. The summed E-state index contributed by atoms with van der Waals surface area (Å²) in [5, 5.41) is 11.2. The molecule has 128 valence electrons. The molecule has 0 bridgehead atoms. The molecule has 1 amide bonds. The van der Waals surface area contributed by atoms with Crippen LogP contribution in [-0.4, -0.2) is 20.8 Å². The van der Waals surface area contributed by atoms with E-state index in [0.717, 1.165) is 36.1 Å². The Morgan fingerprint density at radius 1 is 1.36 bits per heavy atom. The molecule has 1 aliphatic carbocycles. The number of nitrogens with one attached hydrogen (secondary N) is 1. The summed E-state index contributed by atoms with van der Waals surface area (Å²) in [6.07, 6.45) is 6.24. The van der Waals surface area contributed by atoms with Crippen molar-refractivity contribution in [2.24, 2.45) is 5.92 Å². The topological polar surface area (TPSA) is 73.0 Å². The highest BCUT2D eigenvalue weighted by atomic mass is 16.5. The lowest BCUT2D eigenvalue weighted by Crippen LogP contribution is -2.17. The maximum atomic E-state index is 12.6. The van der Waals surface area contributed by atoms with E-state index in [1.54, 1.807) is 10.9 Å². The third kappa shape index (κ3) is 3.33. The molecule has 1 aliphatic rings. The lowest BCUT2D eigenvalue weighted by Gasteiger charge is -2.16. The number of rotatable bonds is 4. The van der Waals surface area contributed by atoms with E-state index in [2.05, 4.69) is 22.5 Å². The molecule has 1 unspecified atom stereocenters.